The Morgan fingerprint density at radius 2 is 2.26 bits per heavy atom. The van der Waals surface area contributed by atoms with Gasteiger partial charge in [0.15, 0.2) is 0 Å². The van der Waals surface area contributed by atoms with Crippen molar-refractivity contribution < 1.29 is 9.13 Å². The average molecular weight is 263 g/mol. The Labute approximate surface area is 114 Å². The minimum atomic E-state index is -0.139. The average Bonchev–Trinajstić information content (AvgIpc) is 3.00. The number of fused-ring (bicyclic) bond motifs is 1. The van der Waals surface area contributed by atoms with E-state index >= 15 is 0 Å². The Morgan fingerprint density at radius 3 is 3.11 bits per heavy atom. The van der Waals surface area contributed by atoms with E-state index in [2.05, 4.69) is 5.32 Å². The highest BCUT2D eigenvalue weighted by atomic mass is 19.1. The lowest BCUT2D eigenvalue weighted by Gasteiger charge is -2.19. The van der Waals surface area contributed by atoms with Crippen LogP contribution in [0.5, 0.6) is 5.75 Å². The van der Waals surface area contributed by atoms with Gasteiger partial charge in [0, 0.05) is 11.6 Å². The van der Waals surface area contributed by atoms with Gasteiger partial charge in [0.25, 0.3) is 0 Å². The quantitative estimate of drug-likeness (QED) is 0.901. The highest BCUT2D eigenvalue weighted by molar-refractivity contribution is 5.34. The Balaban J connectivity index is 1.66. The summed E-state index contributed by atoms with van der Waals surface area (Å²) in [6, 6.07) is 5.65. The number of benzene rings is 1. The van der Waals surface area contributed by atoms with Gasteiger partial charge in [-0.2, -0.15) is 0 Å². The molecular formula is C16H22FNO. The van der Waals surface area contributed by atoms with Gasteiger partial charge in [-0.1, -0.05) is 12.5 Å². The molecule has 1 saturated heterocycles. The number of ether oxygens (including phenoxy) is 1. The number of rotatable bonds is 4. The summed E-state index contributed by atoms with van der Waals surface area (Å²) in [7, 11) is 1.61. The van der Waals surface area contributed by atoms with Crippen molar-refractivity contribution in [1.29, 1.82) is 0 Å². The molecule has 2 fully saturated rings. The topological polar surface area (TPSA) is 21.3 Å². The predicted molar refractivity (Wildman–Crippen MR) is 73.9 cm³/mol. The summed E-state index contributed by atoms with van der Waals surface area (Å²) >= 11 is 0. The summed E-state index contributed by atoms with van der Waals surface area (Å²) in [5, 5.41) is 3.62. The lowest BCUT2D eigenvalue weighted by Crippen LogP contribution is -2.27. The summed E-state index contributed by atoms with van der Waals surface area (Å²) in [6.45, 7) is 1.16. The van der Waals surface area contributed by atoms with Crippen LogP contribution in [-0.2, 0) is 6.42 Å². The minimum absolute atomic E-state index is 0.139. The highest BCUT2D eigenvalue weighted by Crippen LogP contribution is 2.39. The van der Waals surface area contributed by atoms with Crippen molar-refractivity contribution in [2.45, 2.75) is 38.1 Å². The van der Waals surface area contributed by atoms with Crippen LogP contribution in [-0.4, -0.2) is 19.7 Å². The maximum Gasteiger partial charge on any atom is 0.130 e. The maximum absolute atomic E-state index is 13.9. The van der Waals surface area contributed by atoms with Crippen LogP contribution in [0.3, 0.4) is 0 Å². The standard InChI is InChI=1S/C16H22FNO/c1-19-16-7-3-6-14(17)13(16)8-9-15-12-5-2-4-11(12)10-18-15/h3,6-7,11-12,15,18H,2,4-5,8-10H2,1H3. The number of methoxy groups -OCH3 is 1. The van der Waals surface area contributed by atoms with E-state index in [1.54, 1.807) is 13.2 Å². The van der Waals surface area contributed by atoms with Crippen LogP contribution in [0, 0.1) is 17.7 Å². The molecule has 1 aliphatic carbocycles. The third kappa shape index (κ3) is 2.48. The van der Waals surface area contributed by atoms with E-state index in [0.717, 1.165) is 36.8 Å². The summed E-state index contributed by atoms with van der Waals surface area (Å²) in [5.74, 6) is 2.23. The molecule has 0 amide bonds. The molecule has 1 aromatic carbocycles. The fourth-order valence-electron chi connectivity index (χ4n) is 3.89. The van der Waals surface area contributed by atoms with Gasteiger partial charge in [-0.25, -0.2) is 4.39 Å². The van der Waals surface area contributed by atoms with Gasteiger partial charge in [0.1, 0.15) is 11.6 Å². The minimum Gasteiger partial charge on any atom is -0.496 e. The smallest absolute Gasteiger partial charge is 0.130 e. The molecule has 0 bridgehead atoms. The second-order valence-corrected chi connectivity index (χ2v) is 5.83. The fourth-order valence-corrected chi connectivity index (χ4v) is 3.89. The second kappa shape index (κ2) is 5.49. The highest BCUT2D eigenvalue weighted by Gasteiger charge is 2.38. The monoisotopic (exact) mass is 263 g/mol. The predicted octanol–water partition coefficient (Wildman–Crippen LogP) is 3.16. The first-order valence-electron chi connectivity index (χ1n) is 7.34. The molecular weight excluding hydrogens is 241 g/mol. The van der Waals surface area contributed by atoms with E-state index in [1.807, 2.05) is 6.07 Å². The molecule has 104 valence electrons. The molecule has 1 aromatic rings. The van der Waals surface area contributed by atoms with E-state index in [4.69, 9.17) is 4.74 Å². The van der Waals surface area contributed by atoms with Gasteiger partial charge < -0.3 is 10.1 Å². The molecule has 0 aromatic heterocycles. The molecule has 2 aliphatic rings. The Bertz CT molecular complexity index is 448. The van der Waals surface area contributed by atoms with Gasteiger partial charge in [0.05, 0.1) is 7.11 Å². The molecule has 2 nitrogen and oxygen atoms in total. The summed E-state index contributed by atoms with van der Waals surface area (Å²) in [6.07, 6.45) is 5.86. The molecule has 0 spiro atoms. The Hall–Kier alpha value is -1.09. The molecule has 0 radical (unpaired) electrons. The van der Waals surface area contributed by atoms with Gasteiger partial charge in [-0.05, 0) is 56.2 Å². The number of hydrogen-bond acceptors (Lipinski definition) is 2. The van der Waals surface area contributed by atoms with Crippen LogP contribution in [0.2, 0.25) is 0 Å². The van der Waals surface area contributed by atoms with Crippen molar-refractivity contribution in [1.82, 2.24) is 5.32 Å². The normalized spacial score (nSPS) is 29.5. The van der Waals surface area contributed by atoms with Crippen molar-refractivity contribution in [3.63, 3.8) is 0 Å². The zero-order valence-corrected chi connectivity index (χ0v) is 11.5. The van der Waals surface area contributed by atoms with E-state index in [9.17, 15) is 4.39 Å². The Kier molecular flexibility index (Phi) is 3.74. The largest absolute Gasteiger partial charge is 0.496 e. The second-order valence-electron chi connectivity index (χ2n) is 5.83. The van der Waals surface area contributed by atoms with Crippen LogP contribution >= 0.6 is 0 Å². The van der Waals surface area contributed by atoms with Crippen LogP contribution in [0.4, 0.5) is 4.39 Å². The van der Waals surface area contributed by atoms with E-state index in [0.29, 0.717) is 11.8 Å². The summed E-state index contributed by atoms with van der Waals surface area (Å²) < 4.78 is 19.1. The number of halogens is 1. The molecule has 3 rings (SSSR count). The molecule has 1 saturated carbocycles. The lowest BCUT2D eigenvalue weighted by molar-refractivity contribution is 0.380. The molecule has 1 heterocycles. The van der Waals surface area contributed by atoms with E-state index in [1.165, 1.54) is 25.3 Å². The van der Waals surface area contributed by atoms with Crippen LogP contribution in [0.25, 0.3) is 0 Å². The van der Waals surface area contributed by atoms with Crippen LogP contribution in [0.15, 0.2) is 18.2 Å². The molecule has 1 aliphatic heterocycles. The third-order valence-corrected chi connectivity index (χ3v) is 4.88. The number of nitrogens with one attached hydrogen (secondary N) is 1. The van der Waals surface area contributed by atoms with Crippen molar-refractivity contribution in [3.8, 4) is 5.75 Å². The van der Waals surface area contributed by atoms with Gasteiger partial charge in [-0.15, -0.1) is 0 Å². The molecule has 3 heteroatoms. The summed E-state index contributed by atoms with van der Waals surface area (Å²) in [4.78, 5) is 0. The van der Waals surface area contributed by atoms with Crippen molar-refractivity contribution in [3.05, 3.63) is 29.6 Å². The zero-order chi connectivity index (χ0) is 13.2. The fraction of sp³-hybridized carbons (Fsp3) is 0.625. The SMILES string of the molecule is COc1cccc(F)c1CCC1NCC2CCCC21. The third-order valence-electron chi connectivity index (χ3n) is 4.88. The van der Waals surface area contributed by atoms with Crippen LogP contribution in [0.1, 0.15) is 31.2 Å². The van der Waals surface area contributed by atoms with Crippen molar-refractivity contribution in [2.24, 2.45) is 11.8 Å². The first-order chi connectivity index (χ1) is 9.29. The first-order valence-corrected chi connectivity index (χ1v) is 7.34. The molecule has 3 atom stereocenters. The Morgan fingerprint density at radius 1 is 1.37 bits per heavy atom. The lowest BCUT2D eigenvalue weighted by atomic mass is 9.90. The summed E-state index contributed by atoms with van der Waals surface area (Å²) in [5.41, 5.74) is 0.730. The van der Waals surface area contributed by atoms with Gasteiger partial charge in [0.2, 0.25) is 0 Å². The molecule has 1 N–H and O–H groups in total. The van der Waals surface area contributed by atoms with Crippen LogP contribution < -0.4 is 10.1 Å². The number of hydrogen-bond donors (Lipinski definition) is 1. The van der Waals surface area contributed by atoms with Crippen molar-refractivity contribution >= 4 is 0 Å². The first kappa shape index (κ1) is 12.9. The van der Waals surface area contributed by atoms with Crippen molar-refractivity contribution in [2.75, 3.05) is 13.7 Å². The van der Waals surface area contributed by atoms with E-state index < -0.39 is 0 Å². The van der Waals surface area contributed by atoms with Gasteiger partial charge >= 0.3 is 0 Å². The van der Waals surface area contributed by atoms with E-state index in [-0.39, 0.29) is 5.82 Å². The van der Waals surface area contributed by atoms with Gasteiger partial charge in [-0.3, -0.25) is 0 Å². The molecule has 3 unspecified atom stereocenters. The zero-order valence-electron chi connectivity index (χ0n) is 11.5. The molecule has 19 heavy (non-hydrogen) atoms. The maximum atomic E-state index is 13.9.